The molecule has 0 saturated heterocycles. The highest BCUT2D eigenvalue weighted by Gasteiger charge is 2.21. The standard InChI is InChI=1S/C13H25NO/c1-10(2)8-13(15)12(14)9-11-6-4-3-5-7-11/h10-12H,3-9,14H2,1-2H3. The second-order valence-corrected chi connectivity index (χ2v) is 5.41. The largest absolute Gasteiger partial charge is 0.322 e. The number of hydrogen-bond acceptors (Lipinski definition) is 2. The molecule has 2 nitrogen and oxygen atoms in total. The summed E-state index contributed by atoms with van der Waals surface area (Å²) in [7, 11) is 0. The summed E-state index contributed by atoms with van der Waals surface area (Å²) in [5, 5.41) is 0. The highest BCUT2D eigenvalue weighted by atomic mass is 16.1. The first kappa shape index (κ1) is 12.7. The van der Waals surface area contributed by atoms with Gasteiger partial charge in [0.15, 0.2) is 0 Å². The van der Waals surface area contributed by atoms with Crippen molar-refractivity contribution in [1.29, 1.82) is 0 Å². The minimum absolute atomic E-state index is 0.199. The molecule has 0 amide bonds. The highest BCUT2D eigenvalue weighted by Crippen LogP contribution is 2.27. The van der Waals surface area contributed by atoms with Gasteiger partial charge in [-0.1, -0.05) is 46.0 Å². The molecule has 0 bridgehead atoms. The van der Waals surface area contributed by atoms with Gasteiger partial charge in [0.05, 0.1) is 6.04 Å². The number of hydrogen-bond donors (Lipinski definition) is 1. The smallest absolute Gasteiger partial charge is 0.149 e. The van der Waals surface area contributed by atoms with E-state index in [9.17, 15) is 4.79 Å². The van der Waals surface area contributed by atoms with Gasteiger partial charge >= 0.3 is 0 Å². The van der Waals surface area contributed by atoms with Crippen LogP contribution in [0.3, 0.4) is 0 Å². The normalized spacial score (nSPS) is 20.5. The Hall–Kier alpha value is -0.370. The second-order valence-electron chi connectivity index (χ2n) is 5.41. The van der Waals surface area contributed by atoms with Gasteiger partial charge in [-0.3, -0.25) is 4.79 Å². The Balaban J connectivity index is 2.26. The molecule has 1 saturated carbocycles. The Morgan fingerprint density at radius 2 is 1.87 bits per heavy atom. The van der Waals surface area contributed by atoms with Crippen molar-refractivity contribution in [3.63, 3.8) is 0 Å². The van der Waals surface area contributed by atoms with Crippen LogP contribution in [0.5, 0.6) is 0 Å². The summed E-state index contributed by atoms with van der Waals surface area (Å²) in [5.74, 6) is 1.41. The number of ketones is 1. The average molecular weight is 211 g/mol. The Labute approximate surface area is 93.6 Å². The molecular weight excluding hydrogens is 186 g/mol. The molecule has 1 atom stereocenters. The molecule has 15 heavy (non-hydrogen) atoms. The van der Waals surface area contributed by atoms with Crippen LogP contribution >= 0.6 is 0 Å². The fraction of sp³-hybridized carbons (Fsp3) is 0.923. The van der Waals surface area contributed by atoms with Crippen LogP contribution in [0.25, 0.3) is 0 Å². The molecule has 0 spiro atoms. The lowest BCUT2D eigenvalue weighted by molar-refractivity contribution is -0.121. The van der Waals surface area contributed by atoms with Crippen LogP contribution < -0.4 is 5.73 Å². The SMILES string of the molecule is CC(C)CC(=O)C(N)CC1CCCCC1. The van der Waals surface area contributed by atoms with Crippen molar-refractivity contribution in [2.45, 2.75) is 64.8 Å². The quantitative estimate of drug-likeness (QED) is 0.760. The number of carbonyl (C=O) groups excluding carboxylic acids is 1. The number of nitrogens with two attached hydrogens (primary N) is 1. The monoisotopic (exact) mass is 211 g/mol. The molecule has 0 aromatic carbocycles. The Morgan fingerprint density at radius 1 is 1.27 bits per heavy atom. The van der Waals surface area contributed by atoms with Gasteiger partial charge < -0.3 is 5.73 Å². The fourth-order valence-electron chi connectivity index (χ4n) is 2.47. The zero-order valence-corrected chi connectivity index (χ0v) is 10.2. The summed E-state index contributed by atoms with van der Waals surface area (Å²) in [6.45, 7) is 4.15. The molecule has 1 unspecified atom stereocenters. The summed E-state index contributed by atoms with van der Waals surface area (Å²) < 4.78 is 0. The average Bonchev–Trinajstić information content (AvgIpc) is 2.18. The molecule has 0 aromatic rings. The molecule has 0 aliphatic heterocycles. The van der Waals surface area contributed by atoms with Crippen molar-refractivity contribution in [3.05, 3.63) is 0 Å². The molecule has 1 aliphatic rings. The third kappa shape index (κ3) is 4.78. The van der Waals surface area contributed by atoms with Crippen molar-refractivity contribution < 1.29 is 4.79 Å². The molecule has 88 valence electrons. The van der Waals surface area contributed by atoms with Gasteiger partial charge in [-0.2, -0.15) is 0 Å². The molecule has 1 fully saturated rings. The topological polar surface area (TPSA) is 43.1 Å². The van der Waals surface area contributed by atoms with Crippen molar-refractivity contribution in [3.8, 4) is 0 Å². The van der Waals surface area contributed by atoms with Crippen molar-refractivity contribution in [2.75, 3.05) is 0 Å². The summed E-state index contributed by atoms with van der Waals surface area (Å²) in [6.07, 6.45) is 8.15. The predicted octanol–water partition coefficient (Wildman–Crippen LogP) is 2.90. The molecule has 0 heterocycles. The van der Waals surface area contributed by atoms with Crippen LogP contribution in [0, 0.1) is 11.8 Å². The number of rotatable bonds is 5. The summed E-state index contributed by atoms with van der Waals surface area (Å²) >= 11 is 0. The van der Waals surface area contributed by atoms with Gasteiger partial charge in [-0.25, -0.2) is 0 Å². The van der Waals surface area contributed by atoms with Gasteiger partial charge in [-0.05, 0) is 18.3 Å². The second kappa shape index (κ2) is 6.26. The molecular formula is C13H25NO. The van der Waals surface area contributed by atoms with Crippen molar-refractivity contribution in [2.24, 2.45) is 17.6 Å². The van der Waals surface area contributed by atoms with E-state index in [4.69, 9.17) is 5.73 Å². The molecule has 2 heteroatoms. The molecule has 1 aliphatic carbocycles. The number of Topliss-reactive ketones (excluding diaryl/α,β-unsaturated/α-hetero) is 1. The molecule has 1 rings (SSSR count). The van der Waals surface area contributed by atoms with Gasteiger partial charge in [0.2, 0.25) is 0 Å². The first-order chi connectivity index (χ1) is 7.09. The predicted molar refractivity (Wildman–Crippen MR) is 63.6 cm³/mol. The maximum atomic E-state index is 11.7. The van der Waals surface area contributed by atoms with Crippen LogP contribution in [0.4, 0.5) is 0 Å². The van der Waals surface area contributed by atoms with E-state index in [0.717, 1.165) is 6.42 Å². The van der Waals surface area contributed by atoms with Crippen LogP contribution in [0.2, 0.25) is 0 Å². The van der Waals surface area contributed by atoms with Gasteiger partial charge in [-0.15, -0.1) is 0 Å². The zero-order valence-electron chi connectivity index (χ0n) is 10.2. The van der Waals surface area contributed by atoms with E-state index in [1.165, 1.54) is 32.1 Å². The van der Waals surface area contributed by atoms with Gasteiger partial charge in [0.25, 0.3) is 0 Å². The van der Waals surface area contributed by atoms with E-state index in [1.54, 1.807) is 0 Å². The Morgan fingerprint density at radius 3 is 2.40 bits per heavy atom. The maximum Gasteiger partial charge on any atom is 0.149 e. The van der Waals surface area contributed by atoms with Crippen LogP contribution in [-0.2, 0) is 4.79 Å². The van der Waals surface area contributed by atoms with Gasteiger partial charge in [0.1, 0.15) is 5.78 Å². The lowest BCUT2D eigenvalue weighted by atomic mass is 9.83. The minimum atomic E-state index is -0.199. The molecule has 0 aromatic heterocycles. The van der Waals surface area contributed by atoms with E-state index in [-0.39, 0.29) is 11.8 Å². The first-order valence-corrected chi connectivity index (χ1v) is 6.38. The molecule has 2 N–H and O–H groups in total. The minimum Gasteiger partial charge on any atom is -0.322 e. The Bertz CT molecular complexity index is 195. The van der Waals surface area contributed by atoms with E-state index in [0.29, 0.717) is 18.3 Å². The third-order valence-corrected chi connectivity index (χ3v) is 3.34. The Kier molecular flexibility index (Phi) is 5.30. The zero-order chi connectivity index (χ0) is 11.3. The van der Waals surface area contributed by atoms with E-state index >= 15 is 0 Å². The summed E-state index contributed by atoms with van der Waals surface area (Å²) in [5.41, 5.74) is 5.95. The summed E-state index contributed by atoms with van der Waals surface area (Å²) in [4.78, 5) is 11.7. The van der Waals surface area contributed by atoms with Crippen LogP contribution in [0.15, 0.2) is 0 Å². The fourth-order valence-corrected chi connectivity index (χ4v) is 2.47. The third-order valence-electron chi connectivity index (χ3n) is 3.34. The van der Waals surface area contributed by atoms with Crippen molar-refractivity contribution in [1.82, 2.24) is 0 Å². The summed E-state index contributed by atoms with van der Waals surface area (Å²) in [6, 6.07) is -0.199. The molecule has 0 radical (unpaired) electrons. The van der Waals surface area contributed by atoms with E-state index in [2.05, 4.69) is 13.8 Å². The lowest BCUT2D eigenvalue weighted by Crippen LogP contribution is -2.33. The number of carbonyl (C=O) groups is 1. The first-order valence-electron chi connectivity index (χ1n) is 6.38. The maximum absolute atomic E-state index is 11.7. The lowest BCUT2D eigenvalue weighted by Gasteiger charge is -2.24. The van der Waals surface area contributed by atoms with Gasteiger partial charge in [0, 0.05) is 6.42 Å². The highest BCUT2D eigenvalue weighted by molar-refractivity contribution is 5.83. The van der Waals surface area contributed by atoms with E-state index in [1.807, 2.05) is 0 Å². The van der Waals surface area contributed by atoms with Crippen molar-refractivity contribution >= 4 is 5.78 Å². The van der Waals surface area contributed by atoms with E-state index < -0.39 is 0 Å². The van der Waals surface area contributed by atoms with Crippen LogP contribution in [-0.4, -0.2) is 11.8 Å². The van der Waals surface area contributed by atoms with Crippen LogP contribution in [0.1, 0.15) is 58.8 Å².